The molecular weight excluding hydrogens is 214 g/mol. The molecule has 7 nitrogen and oxygen atoms in total. The summed E-state index contributed by atoms with van der Waals surface area (Å²) in [4.78, 5) is 25.5. The van der Waals surface area contributed by atoms with Crippen LogP contribution in [0.5, 0.6) is 0 Å². The number of aliphatic hydroxyl groups is 1. The summed E-state index contributed by atoms with van der Waals surface area (Å²) in [6.45, 7) is 0.0862. The van der Waals surface area contributed by atoms with Crippen molar-refractivity contribution in [2.24, 2.45) is 7.05 Å². The van der Waals surface area contributed by atoms with E-state index >= 15 is 0 Å². The van der Waals surface area contributed by atoms with Gasteiger partial charge in [-0.15, -0.1) is 0 Å². The zero-order valence-electron chi connectivity index (χ0n) is 8.75. The second-order valence-electron chi connectivity index (χ2n) is 3.32. The van der Waals surface area contributed by atoms with Gasteiger partial charge in [0.1, 0.15) is 5.69 Å². The molecule has 1 atom stereocenters. The number of nitrogens with zero attached hydrogens (tertiary/aromatic N) is 2. The number of aliphatic hydroxyl groups excluding tert-OH is 1. The van der Waals surface area contributed by atoms with E-state index in [-0.39, 0.29) is 18.7 Å². The van der Waals surface area contributed by atoms with Crippen LogP contribution in [-0.4, -0.2) is 44.3 Å². The van der Waals surface area contributed by atoms with Gasteiger partial charge in [-0.05, 0) is 0 Å². The summed E-state index contributed by atoms with van der Waals surface area (Å²) in [7, 11) is 1.73. The average Bonchev–Trinajstić information content (AvgIpc) is 2.64. The normalized spacial score (nSPS) is 12.1. The quantitative estimate of drug-likeness (QED) is 0.597. The van der Waals surface area contributed by atoms with E-state index in [2.05, 4.69) is 10.3 Å². The molecule has 0 bridgehead atoms. The fourth-order valence-corrected chi connectivity index (χ4v) is 1.07. The number of aryl methyl sites for hydroxylation is 1. The minimum atomic E-state index is -1.45. The van der Waals surface area contributed by atoms with Crippen LogP contribution in [-0.2, 0) is 11.8 Å². The Kier molecular flexibility index (Phi) is 4.01. The number of aromatic nitrogens is 2. The topological polar surface area (TPSA) is 104 Å². The number of carbonyl (C=O) groups is 2. The third-order valence-electron chi connectivity index (χ3n) is 1.93. The number of carboxylic acid groups (broad SMARTS) is 1. The monoisotopic (exact) mass is 227 g/mol. The van der Waals surface area contributed by atoms with Crippen molar-refractivity contribution in [3.8, 4) is 0 Å². The van der Waals surface area contributed by atoms with Crippen molar-refractivity contribution in [1.82, 2.24) is 14.9 Å². The van der Waals surface area contributed by atoms with E-state index in [9.17, 15) is 9.59 Å². The first-order valence-electron chi connectivity index (χ1n) is 4.67. The van der Waals surface area contributed by atoms with Gasteiger partial charge in [0.2, 0.25) is 0 Å². The van der Waals surface area contributed by atoms with Gasteiger partial charge in [0.15, 0.2) is 6.10 Å². The van der Waals surface area contributed by atoms with Crippen LogP contribution in [0.1, 0.15) is 16.9 Å². The standard InChI is InChI=1S/C9H13N3O4/c1-12-4-6(11-5-12)8(14)10-3-2-7(13)9(15)16/h4-5,7,13H,2-3H2,1H3,(H,10,14)(H,15,16). The molecule has 0 radical (unpaired) electrons. The molecule has 0 saturated heterocycles. The molecule has 7 heteroatoms. The Morgan fingerprint density at radius 3 is 2.81 bits per heavy atom. The Bertz CT molecular complexity index is 388. The Labute approximate surface area is 91.7 Å². The first-order chi connectivity index (χ1) is 7.50. The van der Waals surface area contributed by atoms with Crippen LogP contribution in [0.15, 0.2) is 12.5 Å². The summed E-state index contributed by atoms with van der Waals surface area (Å²) in [5, 5.41) is 19.8. The lowest BCUT2D eigenvalue weighted by molar-refractivity contribution is -0.146. The number of rotatable bonds is 5. The Balaban J connectivity index is 2.34. The molecule has 0 saturated carbocycles. The highest BCUT2D eigenvalue weighted by atomic mass is 16.4. The SMILES string of the molecule is Cn1cnc(C(=O)NCCC(O)C(=O)O)c1. The van der Waals surface area contributed by atoms with Crippen molar-refractivity contribution in [1.29, 1.82) is 0 Å². The van der Waals surface area contributed by atoms with Crippen LogP contribution in [0, 0.1) is 0 Å². The smallest absolute Gasteiger partial charge is 0.332 e. The Morgan fingerprint density at radius 2 is 2.31 bits per heavy atom. The Hall–Kier alpha value is -1.89. The highest BCUT2D eigenvalue weighted by Crippen LogP contribution is 1.95. The number of nitrogens with one attached hydrogen (secondary N) is 1. The van der Waals surface area contributed by atoms with E-state index in [1.807, 2.05) is 0 Å². The second-order valence-corrected chi connectivity index (χ2v) is 3.32. The summed E-state index contributed by atoms with van der Waals surface area (Å²) < 4.78 is 1.63. The van der Waals surface area contributed by atoms with E-state index in [1.54, 1.807) is 17.8 Å². The fraction of sp³-hybridized carbons (Fsp3) is 0.444. The van der Waals surface area contributed by atoms with E-state index in [0.29, 0.717) is 0 Å². The molecule has 1 aromatic heterocycles. The highest BCUT2D eigenvalue weighted by molar-refractivity contribution is 5.92. The minimum absolute atomic E-state index is 0.0338. The van der Waals surface area contributed by atoms with Crippen molar-refractivity contribution in [2.45, 2.75) is 12.5 Å². The van der Waals surface area contributed by atoms with E-state index in [1.165, 1.54) is 6.33 Å². The molecule has 0 spiro atoms. The van der Waals surface area contributed by atoms with Gasteiger partial charge in [-0.2, -0.15) is 0 Å². The van der Waals surface area contributed by atoms with Crippen LogP contribution >= 0.6 is 0 Å². The molecule has 1 rings (SSSR count). The van der Waals surface area contributed by atoms with Gasteiger partial charge >= 0.3 is 5.97 Å². The summed E-state index contributed by atoms with van der Waals surface area (Å²) in [5.41, 5.74) is 0.257. The van der Waals surface area contributed by atoms with Gasteiger partial charge < -0.3 is 20.1 Å². The number of aliphatic carboxylic acids is 1. The minimum Gasteiger partial charge on any atom is -0.479 e. The molecule has 3 N–H and O–H groups in total. The van der Waals surface area contributed by atoms with Crippen molar-refractivity contribution < 1.29 is 19.8 Å². The van der Waals surface area contributed by atoms with Crippen molar-refractivity contribution in [2.75, 3.05) is 6.54 Å². The molecule has 0 aliphatic heterocycles. The molecule has 0 aliphatic carbocycles. The van der Waals surface area contributed by atoms with Crippen LogP contribution in [0.25, 0.3) is 0 Å². The zero-order chi connectivity index (χ0) is 12.1. The molecule has 1 heterocycles. The van der Waals surface area contributed by atoms with E-state index < -0.39 is 18.0 Å². The third-order valence-corrected chi connectivity index (χ3v) is 1.93. The number of hydrogen-bond donors (Lipinski definition) is 3. The first-order valence-corrected chi connectivity index (χ1v) is 4.67. The van der Waals surface area contributed by atoms with Gasteiger partial charge in [0.05, 0.1) is 6.33 Å². The van der Waals surface area contributed by atoms with Crippen molar-refractivity contribution >= 4 is 11.9 Å². The molecule has 88 valence electrons. The summed E-state index contributed by atoms with van der Waals surface area (Å²) >= 11 is 0. The van der Waals surface area contributed by atoms with E-state index in [4.69, 9.17) is 10.2 Å². The van der Waals surface area contributed by atoms with E-state index in [0.717, 1.165) is 0 Å². The second kappa shape index (κ2) is 5.26. The van der Waals surface area contributed by atoms with Gasteiger partial charge in [-0.1, -0.05) is 0 Å². The lowest BCUT2D eigenvalue weighted by Crippen LogP contribution is -2.30. The van der Waals surface area contributed by atoms with Crippen LogP contribution < -0.4 is 5.32 Å². The van der Waals surface area contributed by atoms with Crippen molar-refractivity contribution in [3.63, 3.8) is 0 Å². The van der Waals surface area contributed by atoms with Gasteiger partial charge in [0.25, 0.3) is 5.91 Å². The van der Waals surface area contributed by atoms with Crippen molar-refractivity contribution in [3.05, 3.63) is 18.2 Å². The molecule has 1 unspecified atom stereocenters. The fourth-order valence-electron chi connectivity index (χ4n) is 1.07. The molecular formula is C9H13N3O4. The number of carbonyl (C=O) groups excluding carboxylic acids is 1. The number of amides is 1. The summed E-state index contributed by atoms with van der Waals surface area (Å²) in [6.07, 6.45) is 1.54. The molecule has 0 aromatic carbocycles. The number of imidazole rings is 1. The van der Waals surface area contributed by atoms with Crippen LogP contribution in [0.4, 0.5) is 0 Å². The zero-order valence-corrected chi connectivity index (χ0v) is 8.75. The predicted octanol–water partition coefficient (Wildman–Crippen LogP) is -1.01. The maximum atomic E-state index is 11.4. The number of hydrogen-bond acceptors (Lipinski definition) is 4. The summed E-state index contributed by atoms with van der Waals surface area (Å²) in [5.74, 6) is -1.69. The molecule has 0 fully saturated rings. The van der Waals surface area contributed by atoms with Gasteiger partial charge in [-0.3, -0.25) is 4.79 Å². The molecule has 1 aromatic rings. The maximum Gasteiger partial charge on any atom is 0.332 e. The lowest BCUT2D eigenvalue weighted by atomic mass is 10.2. The number of carboxylic acids is 1. The predicted molar refractivity (Wildman–Crippen MR) is 53.8 cm³/mol. The van der Waals surface area contributed by atoms with Crippen LogP contribution in [0.3, 0.4) is 0 Å². The van der Waals surface area contributed by atoms with Gasteiger partial charge in [-0.25, -0.2) is 9.78 Å². The first kappa shape index (κ1) is 12.2. The average molecular weight is 227 g/mol. The maximum absolute atomic E-state index is 11.4. The summed E-state index contributed by atoms with van der Waals surface area (Å²) in [6, 6.07) is 0. The Morgan fingerprint density at radius 1 is 1.62 bits per heavy atom. The van der Waals surface area contributed by atoms with Crippen LogP contribution in [0.2, 0.25) is 0 Å². The highest BCUT2D eigenvalue weighted by Gasteiger charge is 2.14. The molecule has 0 aliphatic rings. The largest absolute Gasteiger partial charge is 0.479 e. The molecule has 1 amide bonds. The third kappa shape index (κ3) is 3.35. The molecule has 16 heavy (non-hydrogen) atoms. The van der Waals surface area contributed by atoms with Gasteiger partial charge in [0, 0.05) is 26.2 Å². The lowest BCUT2D eigenvalue weighted by Gasteiger charge is -2.05.